The average molecular weight is 407 g/mol. The van der Waals surface area contributed by atoms with Gasteiger partial charge in [-0.05, 0) is 47.5 Å². The molecule has 3 nitrogen and oxygen atoms in total. The Labute approximate surface area is 139 Å². The lowest BCUT2D eigenvalue weighted by molar-refractivity contribution is 0.635. The Morgan fingerprint density at radius 2 is 1.90 bits per heavy atom. The van der Waals surface area contributed by atoms with Gasteiger partial charge in [0.15, 0.2) is 0 Å². The number of hydrazine groups is 1. The van der Waals surface area contributed by atoms with Crippen molar-refractivity contribution in [2.24, 2.45) is 5.84 Å². The van der Waals surface area contributed by atoms with Gasteiger partial charge in [0.1, 0.15) is 0 Å². The molecule has 1 aromatic heterocycles. The average Bonchev–Trinajstić information content (AvgIpc) is 2.51. The number of nitrogens with zero attached hydrogens (tertiary/aromatic N) is 1. The van der Waals surface area contributed by atoms with Gasteiger partial charge in [-0.15, -0.1) is 0 Å². The van der Waals surface area contributed by atoms with Crippen molar-refractivity contribution in [2.75, 3.05) is 0 Å². The van der Waals surface area contributed by atoms with E-state index in [0.29, 0.717) is 0 Å². The van der Waals surface area contributed by atoms with Gasteiger partial charge in [0.05, 0.1) is 11.6 Å². The fourth-order valence-electron chi connectivity index (χ4n) is 2.38. The Hall–Kier alpha value is -1.27. The second kappa shape index (κ2) is 6.23. The third-order valence-electron chi connectivity index (χ3n) is 3.40. The maximum Gasteiger partial charge on any atom is 0.0721 e. The minimum Gasteiger partial charge on any atom is -0.271 e. The van der Waals surface area contributed by atoms with Crippen LogP contribution in [0.25, 0.3) is 10.9 Å². The van der Waals surface area contributed by atoms with E-state index in [1.54, 1.807) is 6.20 Å². The molecule has 1 atom stereocenters. The number of benzene rings is 2. The lowest BCUT2D eigenvalue weighted by Crippen LogP contribution is -2.29. The number of halogens is 2. The van der Waals surface area contributed by atoms with Gasteiger partial charge >= 0.3 is 0 Å². The van der Waals surface area contributed by atoms with Crippen LogP contribution in [0.2, 0.25) is 0 Å². The van der Waals surface area contributed by atoms with Gasteiger partial charge in [0, 0.05) is 20.5 Å². The topological polar surface area (TPSA) is 50.9 Å². The van der Waals surface area contributed by atoms with Gasteiger partial charge in [0.2, 0.25) is 0 Å². The highest BCUT2D eigenvalue weighted by Gasteiger charge is 2.16. The number of nitrogens with one attached hydrogen (secondary N) is 1. The summed E-state index contributed by atoms with van der Waals surface area (Å²) in [6.45, 7) is 0. The smallest absolute Gasteiger partial charge is 0.0721 e. The molecule has 1 heterocycles. The summed E-state index contributed by atoms with van der Waals surface area (Å²) in [5, 5.41) is 1.10. The lowest BCUT2D eigenvalue weighted by atomic mass is 9.98. The quantitative estimate of drug-likeness (QED) is 0.503. The number of hydrogen-bond acceptors (Lipinski definition) is 3. The van der Waals surface area contributed by atoms with E-state index in [1.807, 2.05) is 30.3 Å². The normalized spacial score (nSPS) is 12.5. The van der Waals surface area contributed by atoms with Gasteiger partial charge < -0.3 is 0 Å². The second-order valence-corrected chi connectivity index (χ2v) is 6.49. The van der Waals surface area contributed by atoms with Gasteiger partial charge in [0.25, 0.3) is 0 Å². The predicted octanol–water partition coefficient (Wildman–Crippen LogP) is 4.31. The molecule has 3 rings (SSSR count). The molecule has 0 bridgehead atoms. The van der Waals surface area contributed by atoms with Crippen molar-refractivity contribution in [3.63, 3.8) is 0 Å². The molecule has 3 aromatic rings. The van der Waals surface area contributed by atoms with E-state index in [2.05, 4.69) is 60.5 Å². The van der Waals surface area contributed by atoms with Crippen molar-refractivity contribution in [1.29, 1.82) is 0 Å². The van der Waals surface area contributed by atoms with E-state index in [9.17, 15) is 0 Å². The van der Waals surface area contributed by atoms with E-state index in [1.165, 1.54) is 0 Å². The number of fused-ring (bicyclic) bond motifs is 1. The summed E-state index contributed by atoms with van der Waals surface area (Å²) in [5.41, 5.74) is 6.05. The van der Waals surface area contributed by atoms with E-state index in [0.717, 1.165) is 31.0 Å². The maximum absolute atomic E-state index is 5.80. The SMILES string of the molecule is NNC(c1ccc2ncccc2c1)c1cc(Br)ccc1Br. The number of nitrogens with two attached hydrogens (primary N) is 1. The molecule has 21 heavy (non-hydrogen) atoms. The molecule has 0 saturated carbocycles. The maximum atomic E-state index is 5.80. The highest BCUT2D eigenvalue weighted by Crippen LogP contribution is 2.31. The second-order valence-electron chi connectivity index (χ2n) is 4.72. The third kappa shape index (κ3) is 3.01. The van der Waals surface area contributed by atoms with Crippen molar-refractivity contribution in [2.45, 2.75) is 6.04 Å². The zero-order valence-corrected chi connectivity index (χ0v) is 14.2. The molecule has 5 heteroatoms. The Kier molecular flexibility index (Phi) is 4.35. The summed E-state index contributed by atoms with van der Waals surface area (Å²) in [7, 11) is 0. The first-order valence-corrected chi connectivity index (χ1v) is 8.03. The standard InChI is InChI=1S/C16H13Br2N3/c17-12-4-5-14(18)13(9-12)16(21-19)11-3-6-15-10(8-11)2-1-7-20-15/h1-9,16,21H,19H2. The molecule has 0 aliphatic rings. The lowest BCUT2D eigenvalue weighted by Gasteiger charge is -2.19. The number of hydrogen-bond donors (Lipinski definition) is 2. The van der Waals surface area contributed by atoms with Crippen molar-refractivity contribution in [3.05, 3.63) is 74.8 Å². The van der Waals surface area contributed by atoms with Crippen LogP contribution in [-0.2, 0) is 0 Å². The van der Waals surface area contributed by atoms with Crippen LogP contribution in [0.4, 0.5) is 0 Å². The van der Waals surface area contributed by atoms with Gasteiger partial charge in [-0.25, -0.2) is 5.43 Å². The zero-order valence-electron chi connectivity index (χ0n) is 11.1. The summed E-state index contributed by atoms with van der Waals surface area (Å²) in [6, 6.07) is 16.1. The molecule has 0 fully saturated rings. The number of pyridine rings is 1. The summed E-state index contributed by atoms with van der Waals surface area (Å²) < 4.78 is 2.03. The summed E-state index contributed by atoms with van der Waals surface area (Å²) in [4.78, 5) is 4.34. The molecule has 0 amide bonds. The fraction of sp³-hybridized carbons (Fsp3) is 0.0625. The van der Waals surface area contributed by atoms with Crippen LogP contribution >= 0.6 is 31.9 Å². The first-order chi connectivity index (χ1) is 10.2. The van der Waals surface area contributed by atoms with Gasteiger partial charge in [-0.3, -0.25) is 10.8 Å². The van der Waals surface area contributed by atoms with Crippen LogP contribution in [0, 0.1) is 0 Å². The largest absolute Gasteiger partial charge is 0.271 e. The van der Waals surface area contributed by atoms with Crippen LogP contribution in [0.5, 0.6) is 0 Å². The zero-order chi connectivity index (χ0) is 14.8. The highest BCUT2D eigenvalue weighted by molar-refractivity contribution is 9.11. The molecule has 2 aromatic carbocycles. The highest BCUT2D eigenvalue weighted by atomic mass is 79.9. The first-order valence-electron chi connectivity index (χ1n) is 6.45. The molecule has 3 N–H and O–H groups in total. The predicted molar refractivity (Wildman–Crippen MR) is 92.8 cm³/mol. The minimum atomic E-state index is -0.0959. The Morgan fingerprint density at radius 3 is 2.71 bits per heavy atom. The molecule has 0 saturated heterocycles. The van der Waals surface area contributed by atoms with E-state index >= 15 is 0 Å². The molecule has 106 valence electrons. The molecule has 0 radical (unpaired) electrons. The van der Waals surface area contributed by atoms with E-state index in [-0.39, 0.29) is 6.04 Å². The number of rotatable bonds is 3. The summed E-state index contributed by atoms with van der Waals surface area (Å²) in [5.74, 6) is 5.80. The minimum absolute atomic E-state index is 0.0959. The van der Waals surface area contributed by atoms with E-state index in [4.69, 9.17) is 5.84 Å². The molecular weight excluding hydrogens is 394 g/mol. The van der Waals surface area contributed by atoms with Gasteiger partial charge in [-0.2, -0.15) is 0 Å². The molecular formula is C16H13Br2N3. The fourth-order valence-corrected chi connectivity index (χ4v) is 3.23. The summed E-state index contributed by atoms with van der Waals surface area (Å²) >= 11 is 7.10. The van der Waals surface area contributed by atoms with Crippen molar-refractivity contribution in [3.8, 4) is 0 Å². The van der Waals surface area contributed by atoms with Crippen molar-refractivity contribution < 1.29 is 0 Å². The van der Waals surface area contributed by atoms with Crippen molar-refractivity contribution >= 4 is 42.8 Å². The Morgan fingerprint density at radius 1 is 1.05 bits per heavy atom. The van der Waals surface area contributed by atoms with Crippen LogP contribution < -0.4 is 11.3 Å². The van der Waals surface area contributed by atoms with Crippen LogP contribution in [0.3, 0.4) is 0 Å². The van der Waals surface area contributed by atoms with Gasteiger partial charge in [-0.1, -0.05) is 44.0 Å². The molecule has 1 unspecified atom stereocenters. The van der Waals surface area contributed by atoms with Crippen LogP contribution in [-0.4, -0.2) is 4.98 Å². The van der Waals surface area contributed by atoms with E-state index < -0.39 is 0 Å². The molecule has 0 spiro atoms. The molecule has 0 aliphatic heterocycles. The van der Waals surface area contributed by atoms with Crippen LogP contribution in [0.15, 0.2) is 63.7 Å². The van der Waals surface area contributed by atoms with Crippen molar-refractivity contribution in [1.82, 2.24) is 10.4 Å². The number of aromatic nitrogens is 1. The monoisotopic (exact) mass is 405 g/mol. The summed E-state index contributed by atoms with van der Waals surface area (Å²) in [6.07, 6.45) is 1.80. The Balaban J connectivity index is 2.11. The Bertz CT molecular complexity index is 789. The van der Waals surface area contributed by atoms with Crippen LogP contribution in [0.1, 0.15) is 17.2 Å². The first kappa shape index (κ1) is 14.7. The molecule has 0 aliphatic carbocycles. The third-order valence-corrected chi connectivity index (χ3v) is 4.61.